The van der Waals surface area contributed by atoms with Crippen molar-refractivity contribution in [2.24, 2.45) is 0 Å². The minimum absolute atomic E-state index is 0.0130. The third kappa shape index (κ3) is 4.09. The summed E-state index contributed by atoms with van der Waals surface area (Å²) in [7, 11) is 1.65. The summed E-state index contributed by atoms with van der Waals surface area (Å²) in [4.78, 5) is 12.1. The van der Waals surface area contributed by atoms with E-state index in [1.807, 2.05) is 56.3 Å². The van der Waals surface area contributed by atoms with Gasteiger partial charge in [0.2, 0.25) is 0 Å². The molecular formula is C18H21NO2. The molecule has 2 rings (SSSR count). The van der Waals surface area contributed by atoms with Crippen molar-refractivity contribution in [1.29, 1.82) is 0 Å². The lowest BCUT2D eigenvalue weighted by Gasteiger charge is -2.09. The molecule has 0 spiro atoms. The van der Waals surface area contributed by atoms with Gasteiger partial charge in [0.05, 0.1) is 7.11 Å². The van der Waals surface area contributed by atoms with Crippen LogP contribution >= 0.6 is 0 Å². The van der Waals surface area contributed by atoms with E-state index in [4.69, 9.17) is 4.74 Å². The maximum absolute atomic E-state index is 12.1. The summed E-state index contributed by atoms with van der Waals surface area (Å²) in [5.41, 5.74) is 4.10. The van der Waals surface area contributed by atoms with Crippen LogP contribution in [-0.4, -0.2) is 19.6 Å². The molecule has 0 aromatic heterocycles. The summed E-state index contributed by atoms with van der Waals surface area (Å²) < 4.78 is 5.12. The number of carbonyl (C=O) groups excluding carboxylic acids is 1. The maximum atomic E-state index is 12.1. The zero-order valence-electron chi connectivity index (χ0n) is 12.8. The van der Waals surface area contributed by atoms with Gasteiger partial charge in [0.15, 0.2) is 0 Å². The first-order valence-corrected chi connectivity index (χ1v) is 7.08. The predicted molar refractivity (Wildman–Crippen MR) is 84.9 cm³/mol. The van der Waals surface area contributed by atoms with E-state index in [0.717, 1.165) is 23.3 Å². The quantitative estimate of drug-likeness (QED) is 0.914. The molecule has 0 radical (unpaired) electrons. The first kappa shape index (κ1) is 15.1. The molecule has 0 saturated carbocycles. The van der Waals surface area contributed by atoms with Crippen LogP contribution in [0, 0.1) is 13.8 Å². The van der Waals surface area contributed by atoms with Gasteiger partial charge in [0.1, 0.15) is 5.75 Å². The Morgan fingerprint density at radius 3 is 2.43 bits per heavy atom. The minimum atomic E-state index is -0.0130. The number of rotatable bonds is 5. The number of nitrogens with one attached hydrogen (secondary N) is 1. The number of amides is 1. The molecule has 0 heterocycles. The Morgan fingerprint density at radius 2 is 1.81 bits per heavy atom. The van der Waals surface area contributed by atoms with Gasteiger partial charge in [-0.1, -0.05) is 29.8 Å². The molecule has 0 unspecified atom stereocenters. The van der Waals surface area contributed by atoms with E-state index in [1.165, 1.54) is 11.1 Å². The van der Waals surface area contributed by atoms with Gasteiger partial charge in [-0.15, -0.1) is 0 Å². The van der Waals surface area contributed by atoms with Crippen molar-refractivity contribution < 1.29 is 9.53 Å². The van der Waals surface area contributed by atoms with Gasteiger partial charge in [0.25, 0.3) is 5.91 Å². The molecule has 0 atom stereocenters. The van der Waals surface area contributed by atoms with Crippen LogP contribution in [-0.2, 0) is 6.42 Å². The summed E-state index contributed by atoms with van der Waals surface area (Å²) in [6.07, 6.45) is 0.806. The van der Waals surface area contributed by atoms with E-state index in [2.05, 4.69) is 5.32 Å². The van der Waals surface area contributed by atoms with E-state index < -0.39 is 0 Å². The fourth-order valence-electron chi connectivity index (χ4n) is 2.28. The predicted octanol–water partition coefficient (Wildman–Crippen LogP) is 3.28. The molecule has 110 valence electrons. The Morgan fingerprint density at radius 1 is 1.10 bits per heavy atom. The van der Waals surface area contributed by atoms with Crippen LogP contribution in [0.25, 0.3) is 0 Å². The second-order valence-electron chi connectivity index (χ2n) is 5.17. The van der Waals surface area contributed by atoms with Crippen molar-refractivity contribution in [3.63, 3.8) is 0 Å². The summed E-state index contributed by atoms with van der Waals surface area (Å²) >= 11 is 0. The minimum Gasteiger partial charge on any atom is -0.497 e. The number of hydrogen-bond donors (Lipinski definition) is 1. The Bertz CT molecular complexity index is 618. The molecule has 0 fully saturated rings. The maximum Gasteiger partial charge on any atom is 0.251 e. The van der Waals surface area contributed by atoms with Gasteiger partial charge in [-0.2, -0.15) is 0 Å². The van der Waals surface area contributed by atoms with Crippen molar-refractivity contribution in [2.75, 3.05) is 13.7 Å². The van der Waals surface area contributed by atoms with Gasteiger partial charge in [0, 0.05) is 12.1 Å². The first-order chi connectivity index (χ1) is 10.1. The number of carbonyl (C=O) groups is 1. The lowest BCUT2D eigenvalue weighted by atomic mass is 10.1. The van der Waals surface area contributed by atoms with Crippen LogP contribution in [0.15, 0.2) is 42.5 Å². The number of methoxy groups -OCH3 is 1. The van der Waals surface area contributed by atoms with E-state index in [9.17, 15) is 4.79 Å². The van der Waals surface area contributed by atoms with Crippen LogP contribution in [0.2, 0.25) is 0 Å². The van der Waals surface area contributed by atoms with Gasteiger partial charge < -0.3 is 10.1 Å². The van der Waals surface area contributed by atoms with Crippen LogP contribution in [0.5, 0.6) is 5.75 Å². The Labute approximate surface area is 126 Å². The highest BCUT2D eigenvalue weighted by molar-refractivity contribution is 5.95. The summed E-state index contributed by atoms with van der Waals surface area (Å²) in [6.45, 7) is 4.61. The second-order valence-corrected chi connectivity index (χ2v) is 5.17. The van der Waals surface area contributed by atoms with Crippen LogP contribution < -0.4 is 10.1 Å². The lowest BCUT2D eigenvalue weighted by molar-refractivity contribution is 0.0953. The second kappa shape index (κ2) is 6.93. The van der Waals surface area contributed by atoms with E-state index in [1.54, 1.807) is 7.11 Å². The molecule has 0 aliphatic carbocycles. The summed E-state index contributed by atoms with van der Waals surface area (Å²) in [5, 5.41) is 2.97. The zero-order chi connectivity index (χ0) is 15.2. The van der Waals surface area contributed by atoms with Crippen molar-refractivity contribution >= 4 is 5.91 Å². The number of aryl methyl sites for hydroxylation is 2. The van der Waals surface area contributed by atoms with Crippen LogP contribution in [0.1, 0.15) is 27.0 Å². The fourth-order valence-corrected chi connectivity index (χ4v) is 2.28. The Balaban J connectivity index is 1.88. The zero-order valence-corrected chi connectivity index (χ0v) is 12.8. The first-order valence-electron chi connectivity index (χ1n) is 7.08. The van der Waals surface area contributed by atoms with Crippen molar-refractivity contribution in [3.8, 4) is 5.75 Å². The van der Waals surface area contributed by atoms with Crippen LogP contribution in [0.3, 0.4) is 0 Å². The van der Waals surface area contributed by atoms with Gasteiger partial charge in [-0.25, -0.2) is 0 Å². The van der Waals surface area contributed by atoms with Crippen molar-refractivity contribution in [3.05, 3.63) is 64.7 Å². The van der Waals surface area contributed by atoms with E-state index in [-0.39, 0.29) is 5.91 Å². The third-order valence-electron chi connectivity index (χ3n) is 3.48. The van der Waals surface area contributed by atoms with Gasteiger partial charge in [-0.05, 0) is 49.6 Å². The molecule has 1 N–H and O–H groups in total. The van der Waals surface area contributed by atoms with Crippen LogP contribution in [0.4, 0.5) is 0 Å². The molecule has 0 saturated heterocycles. The topological polar surface area (TPSA) is 38.3 Å². The Kier molecular flexibility index (Phi) is 4.99. The monoisotopic (exact) mass is 283 g/mol. The average molecular weight is 283 g/mol. The van der Waals surface area contributed by atoms with E-state index in [0.29, 0.717) is 6.54 Å². The lowest BCUT2D eigenvalue weighted by Crippen LogP contribution is -2.26. The fraction of sp³-hybridized carbons (Fsp3) is 0.278. The van der Waals surface area contributed by atoms with Crippen molar-refractivity contribution in [2.45, 2.75) is 20.3 Å². The van der Waals surface area contributed by atoms with Gasteiger partial charge >= 0.3 is 0 Å². The average Bonchev–Trinajstić information content (AvgIpc) is 2.47. The van der Waals surface area contributed by atoms with Gasteiger partial charge in [-0.3, -0.25) is 4.79 Å². The van der Waals surface area contributed by atoms with Crippen molar-refractivity contribution in [1.82, 2.24) is 5.32 Å². The Hall–Kier alpha value is -2.29. The number of ether oxygens (including phenoxy) is 1. The summed E-state index contributed by atoms with van der Waals surface area (Å²) in [6, 6.07) is 13.8. The largest absolute Gasteiger partial charge is 0.497 e. The molecule has 2 aromatic carbocycles. The third-order valence-corrected chi connectivity index (χ3v) is 3.48. The molecule has 3 heteroatoms. The number of hydrogen-bond acceptors (Lipinski definition) is 2. The number of benzene rings is 2. The molecule has 2 aromatic rings. The molecule has 1 amide bonds. The smallest absolute Gasteiger partial charge is 0.251 e. The summed E-state index contributed by atoms with van der Waals surface area (Å²) in [5.74, 6) is 0.832. The molecule has 0 bridgehead atoms. The molecule has 21 heavy (non-hydrogen) atoms. The molecule has 0 aliphatic rings. The van der Waals surface area contributed by atoms with E-state index >= 15 is 0 Å². The highest BCUT2D eigenvalue weighted by atomic mass is 16.5. The normalized spacial score (nSPS) is 10.2. The SMILES string of the molecule is COc1ccc(CCNC(=O)c2ccc(C)cc2C)cc1. The highest BCUT2D eigenvalue weighted by Gasteiger charge is 2.08. The molecule has 3 nitrogen and oxygen atoms in total. The molecule has 0 aliphatic heterocycles. The molecular weight excluding hydrogens is 262 g/mol. The highest BCUT2D eigenvalue weighted by Crippen LogP contribution is 2.12. The standard InChI is InChI=1S/C18H21NO2/c1-13-4-9-17(14(2)12-13)18(20)19-11-10-15-5-7-16(21-3)8-6-15/h4-9,12H,10-11H2,1-3H3,(H,19,20).